The molecule has 0 aliphatic carbocycles. The summed E-state index contributed by atoms with van der Waals surface area (Å²) in [7, 11) is 0. The summed E-state index contributed by atoms with van der Waals surface area (Å²) in [5, 5.41) is 10.3. The number of alkyl carbamates (subject to hydrolysis) is 1. The molecule has 1 aromatic rings. The van der Waals surface area contributed by atoms with Crippen LogP contribution in [-0.2, 0) is 9.53 Å². The zero-order valence-corrected chi connectivity index (χ0v) is 11.0. The second-order valence-corrected chi connectivity index (χ2v) is 4.55. The van der Waals surface area contributed by atoms with Crippen LogP contribution in [0, 0.1) is 6.92 Å². The minimum atomic E-state index is -1.10. The van der Waals surface area contributed by atoms with Gasteiger partial charge in [-0.1, -0.05) is 0 Å². The van der Waals surface area contributed by atoms with Crippen LogP contribution in [0.4, 0.5) is 4.79 Å². The maximum Gasteiger partial charge on any atom is 0.408 e. The molecule has 0 saturated heterocycles. The summed E-state index contributed by atoms with van der Waals surface area (Å²) in [6, 6.07) is 1.92. The molecule has 2 N–H and O–H groups in total. The molecular weight excluding hydrogens is 238 g/mol. The molecule has 0 saturated carbocycles. The summed E-state index contributed by atoms with van der Waals surface area (Å²) < 4.78 is 9.49. The summed E-state index contributed by atoms with van der Waals surface area (Å²) in [4.78, 5) is 20.8. The predicted octanol–water partition coefficient (Wildman–Crippen LogP) is 2.18. The number of nitrogens with one attached hydrogen (secondary N) is 1. The van der Waals surface area contributed by atoms with Crippen molar-refractivity contribution in [3.63, 3.8) is 0 Å². The number of hydrogen-bond donors (Lipinski definition) is 2. The van der Waals surface area contributed by atoms with E-state index in [1.807, 2.05) is 13.0 Å². The van der Waals surface area contributed by atoms with Crippen LogP contribution in [0.1, 0.15) is 26.3 Å². The number of rotatable bonds is 2. The summed E-state index contributed by atoms with van der Waals surface area (Å²) in [5.41, 5.74) is 0.581. The van der Waals surface area contributed by atoms with Crippen LogP contribution < -0.4 is 5.32 Å². The summed E-state index contributed by atoms with van der Waals surface area (Å²) in [5.74, 6) is -1.10. The lowest BCUT2D eigenvalue weighted by molar-refractivity contribution is -0.136. The van der Waals surface area contributed by atoms with E-state index in [0.29, 0.717) is 0 Å². The molecule has 0 aromatic carbocycles. The molecule has 102 valence electrons. The zero-order valence-electron chi connectivity index (χ0n) is 11.0. The van der Waals surface area contributed by atoms with Crippen LogP contribution >= 0.6 is 0 Å². The molecule has 1 heterocycles. The van der Waals surface area contributed by atoms with Gasteiger partial charge >= 0.3 is 12.1 Å². The molecule has 0 atom stereocenters. The van der Waals surface area contributed by atoms with Crippen LogP contribution in [0.15, 0.2) is 23.0 Å². The van der Waals surface area contributed by atoms with E-state index in [9.17, 15) is 9.59 Å². The van der Waals surface area contributed by atoms with E-state index in [1.165, 1.54) is 5.56 Å². The van der Waals surface area contributed by atoms with E-state index in [2.05, 4.69) is 5.32 Å². The van der Waals surface area contributed by atoms with E-state index < -0.39 is 24.2 Å². The second-order valence-electron chi connectivity index (χ2n) is 4.55. The van der Waals surface area contributed by atoms with E-state index in [4.69, 9.17) is 14.3 Å². The standard InChI is InChI=1S/C7H13NO4.C5H6O/c1-7(2,3)12-6(11)8-4-5(9)10;1-5-2-3-6-4-5/h4H2,1-3H3,(H,8,11)(H,9,10);2-4H,1H3. The third-order valence-corrected chi connectivity index (χ3v) is 1.45. The number of furan rings is 1. The number of hydrogen-bond acceptors (Lipinski definition) is 4. The van der Waals surface area contributed by atoms with Gasteiger partial charge in [-0.25, -0.2) is 4.79 Å². The molecule has 6 nitrogen and oxygen atoms in total. The third-order valence-electron chi connectivity index (χ3n) is 1.45. The Morgan fingerprint density at radius 2 is 2.06 bits per heavy atom. The van der Waals surface area contributed by atoms with Crippen LogP contribution in [0.2, 0.25) is 0 Å². The van der Waals surface area contributed by atoms with Gasteiger partial charge in [0.1, 0.15) is 12.1 Å². The summed E-state index contributed by atoms with van der Waals surface area (Å²) in [6.07, 6.45) is 2.65. The Kier molecular flexibility index (Phi) is 6.56. The Balaban J connectivity index is 0.000000397. The van der Waals surface area contributed by atoms with Crippen molar-refractivity contribution >= 4 is 12.1 Å². The van der Waals surface area contributed by atoms with Gasteiger partial charge in [0.15, 0.2) is 0 Å². The number of carbonyl (C=O) groups excluding carboxylic acids is 1. The van der Waals surface area contributed by atoms with Crippen molar-refractivity contribution in [2.24, 2.45) is 0 Å². The second kappa shape index (κ2) is 7.37. The first-order valence-corrected chi connectivity index (χ1v) is 5.38. The average Bonchev–Trinajstić information content (AvgIpc) is 2.64. The molecule has 0 aliphatic rings. The smallest absolute Gasteiger partial charge is 0.408 e. The molecule has 0 unspecified atom stereocenters. The van der Waals surface area contributed by atoms with E-state index in [0.717, 1.165) is 0 Å². The zero-order chi connectivity index (χ0) is 14.2. The van der Waals surface area contributed by atoms with Crippen molar-refractivity contribution in [3.8, 4) is 0 Å². The highest BCUT2D eigenvalue weighted by molar-refractivity contribution is 5.76. The molecule has 1 amide bonds. The number of aliphatic carboxylic acids is 1. The lowest BCUT2D eigenvalue weighted by Gasteiger charge is -2.19. The van der Waals surface area contributed by atoms with Crippen molar-refractivity contribution < 1.29 is 23.8 Å². The summed E-state index contributed by atoms with van der Waals surface area (Å²) in [6.45, 7) is 6.67. The van der Waals surface area contributed by atoms with E-state index in [-0.39, 0.29) is 0 Å². The van der Waals surface area contributed by atoms with Gasteiger partial charge in [0, 0.05) is 0 Å². The van der Waals surface area contributed by atoms with Crippen molar-refractivity contribution in [3.05, 3.63) is 24.2 Å². The molecule has 0 bridgehead atoms. The Morgan fingerprint density at radius 3 is 2.33 bits per heavy atom. The van der Waals surface area contributed by atoms with Crippen LogP contribution in [0.5, 0.6) is 0 Å². The largest absolute Gasteiger partial charge is 0.480 e. The normalized spacial score (nSPS) is 10.0. The number of amides is 1. The van der Waals surface area contributed by atoms with Gasteiger partial charge in [0.25, 0.3) is 0 Å². The number of carboxylic acids is 1. The maximum absolute atomic E-state index is 10.8. The Bertz CT molecular complexity index is 364. The highest BCUT2D eigenvalue weighted by Crippen LogP contribution is 2.05. The fourth-order valence-corrected chi connectivity index (χ4v) is 0.794. The van der Waals surface area contributed by atoms with Gasteiger partial charge in [-0.05, 0) is 39.3 Å². The van der Waals surface area contributed by atoms with Crippen molar-refractivity contribution in [2.75, 3.05) is 6.54 Å². The average molecular weight is 257 g/mol. The lowest BCUT2D eigenvalue weighted by Crippen LogP contribution is -2.35. The lowest BCUT2D eigenvalue weighted by atomic mass is 10.2. The molecular formula is C12H19NO5. The molecule has 6 heteroatoms. The van der Waals surface area contributed by atoms with Crippen LogP contribution in [0.3, 0.4) is 0 Å². The van der Waals surface area contributed by atoms with E-state index >= 15 is 0 Å². The number of carbonyl (C=O) groups is 2. The quantitative estimate of drug-likeness (QED) is 0.847. The topological polar surface area (TPSA) is 88.8 Å². The maximum atomic E-state index is 10.8. The molecule has 0 spiro atoms. The Morgan fingerprint density at radius 1 is 1.44 bits per heavy atom. The first kappa shape index (κ1) is 16.0. The summed E-state index contributed by atoms with van der Waals surface area (Å²) >= 11 is 0. The van der Waals surface area contributed by atoms with Gasteiger partial charge in [-0.15, -0.1) is 0 Å². The van der Waals surface area contributed by atoms with E-state index in [1.54, 1.807) is 33.3 Å². The van der Waals surface area contributed by atoms with Gasteiger partial charge in [0.2, 0.25) is 0 Å². The van der Waals surface area contributed by atoms with Gasteiger partial charge in [0.05, 0.1) is 12.5 Å². The predicted molar refractivity (Wildman–Crippen MR) is 65.3 cm³/mol. The third kappa shape index (κ3) is 10.5. The molecule has 0 fully saturated rings. The van der Waals surface area contributed by atoms with Gasteiger partial charge in [-0.3, -0.25) is 4.79 Å². The molecule has 0 aliphatic heterocycles. The van der Waals surface area contributed by atoms with Crippen LogP contribution in [-0.4, -0.2) is 29.3 Å². The Labute approximate surface area is 106 Å². The van der Waals surface area contributed by atoms with Crippen molar-refractivity contribution in [1.29, 1.82) is 0 Å². The Hall–Kier alpha value is -1.98. The molecule has 1 aromatic heterocycles. The highest BCUT2D eigenvalue weighted by Gasteiger charge is 2.15. The van der Waals surface area contributed by atoms with Gasteiger partial charge < -0.3 is 19.6 Å². The minimum absolute atomic E-state index is 0.422. The van der Waals surface area contributed by atoms with Crippen molar-refractivity contribution in [2.45, 2.75) is 33.3 Å². The SMILES string of the molecule is CC(C)(C)OC(=O)NCC(=O)O.Cc1ccoc1. The highest BCUT2D eigenvalue weighted by atomic mass is 16.6. The minimum Gasteiger partial charge on any atom is -0.480 e. The fraction of sp³-hybridized carbons (Fsp3) is 0.500. The van der Waals surface area contributed by atoms with Crippen LogP contribution in [0.25, 0.3) is 0 Å². The fourth-order valence-electron chi connectivity index (χ4n) is 0.794. The monoisotopic (exact) mass is 257 g/mol. The van der Waals surface area contributed by atoms with Gasteiger partial charge in [-0.2, -0.15) is 0 Å². The molecule has 1 rings (SSSR count). The first-order chi connectivity index (χ1) is 8.20. The first-order valence-electron chi connectivity index (χ1n) is 5.38. The number of carboxylic acid groups (broad SMARTS) is 1. The number of aryl methyl sites for hydroxylation is 1. The van der Waals surface area contributed by atoms with Crippen molar-refractivity contribution in [1.82, 2.24) is 5.32 Å². The molecule has 18 heavy (non-hydrogen) atoms. The number of ether oxygens (including phenoxy) is 1. The molecule has 0 radical (unpaired) electrons.